The molecule has 0 bridgehead atoms. The van der Waals surface area contributed by atoms with Crippen LogP contribution >= 0.6 is 0 Å². The number of hydrogen-bond donors (Lipinski definition) is 2. The zero-order valence-corrected chi connectivity index (χ0v) is 9.91. The SMILES string of the molecule is CC(C)OCC(O)CNc1ccc(F)c(F)c1. The molecule has 0 aliphatic heterocycles. The number of benzene rings is 1. The fourth-order valence-corrected chi connectivity index (χ4v) is 1.20. The molecule has 0 radical (unpaired) electrons. The van der Waals surface area contributed by atoms with Gasteiger partial charge in [0.15, 0.2) is 11.6 Å². The average molecular weight is 245 g/mol. The molecular weight excluding hydrogens is 228 g/mol. The monoisotopic (exact) mass is 245 g/mol. The Bertz CT molecular complexity index is 358. The lowest BCUT2D eigenvalue weighted by Crippen LogP contribution is -2.26. The van der Waals surface area contributed by atoms with Gasteiger partial charge in [-0.1, -0.05) is 0 Å². The number of nitrogens with one attached hydrogen (secondary N) is 1. The molecule has 17 heavy (non-hydrogen) atoms. The first-order valence-corrected chi connectivity index (χ1v) is 5.47. The van der Waals surface area contributed by atoms with E-state index in [0.29, 0.717) is 5.69 Å². The molecule has 0 amide bonds. The van der Waals surface area contributed by atoms with Gasteiger partial charge in [0, 0.05) is 18.3 Å². The van der Waals surface area contributed by atoms with Crippen molar-refractivity contribution in [2.75, 3.05) is 18.5 Å². The maximum absolute atomic E-state index is 12.9. The summed E-state index contributed by atoms with van der Waals surface area (Å²) in [5, 5.41) is 12.3. The van der Waals surface area contributed by atoms with Crippen molar-refractivity contribution in [1.29, 1.82) is 0 Å². The third kappa shape index (κ3) is 5.10. The molecule has 1 rings (SSSR count). The molecule has 0 saturated heterocycles. The van der Waals surface area contributed by atoms with Gasteiger partial charge in [-0.25, -0.2) is 8.78 Å². The Hall–Kier alpha value is -1.20. The van der Waals surface area contributed by atoms with E-state index in [-0.39, 0.29) is 19.3 Å². The molecule has 0 aliphatic carbocycles. The van der Waals surface area contributed by atoms with Crippen molar-refractivity contribution in [3.8, 4) is 0 Å². The summed E-state index contributed by atoms with van der Waals surface area (Å²) in [6.45, 7) is 4.16. The Morgan fingerprint density at radius 1 is 1.29 bits per heavy atom. The van der Waals surface area contributed by atoms with Crippen LogP contribution in [0.2, 0.25) is 0 Å². The second-order valence-corrected chi connectivity index (χ2v) is 4.05. The van der Waals surface area contributed by atoms with E-state index in [2.05, 4.69) is 5.32 Å². The van der Waals surface area contributed by atoms with Crippen LogP contribution in [-0.2, 0) is 4.74 Å². The Labute approximate surface area is 99.4 Å². The molecule has 0 aliphatic rings. The van der Waals surface area contributed by atoms with Gasteiger partial charge in [0.05, 0.1) is 18.8 Å². The predicted molar refractivity (Wildman–Crippen MR) is 61.9 cm³/mol. The Morgan fingerprint density at radius 3 is 2.59 bits per heavy atom. The van der Waals surface area contributed by atoms with Gasteiger partial charge in [-0.2, -0.15) is 0 Å². The Balaban J connectivity index is 2.36. The average Bonchev–Trinajstić information content (AvgIpc) is 2.28. The van der Waals surface area contributed by atoms with Gasteiger partial charge in [0.25, 0.3) is 0 Å². The van der Waals surface area contributed by atoms with Crippen LogP contribution in [0.3, 0.4) is 0 Å². The van der Waals surface area contributed by atoms with Gasteiger partial charge in [-0.15, -0.1) is 0 Å². The number of ether oxygens (including phenoxy) is 1. The van der Waals surface area contributed by atoms with Crippen LogP contribution in [0.25, 0.3) is 0 Å². The van der Waals surface area contributed by atoms with Crippen molar-refractivity contribution in [1.82, 2.24) is 0 Å². The minimum absolute atomic E-state index is 0.0490. The zero-order chi connectivity index (χ0) is 12.8. The second-order valence-electron chi connectivity index (χ2n) is 4.05. The van der Waals surface area contributed by atoms with Crippen molar-refractivity contribution in [2.24, 2.45) is 0 Å². The molecule has 0 aromatic heterocycles. The molecule has 2 N–H and O–H groups in total. The van der Waals surface area contributed by atoms with Gasteiger partial charge in [0.1, 0.15) is 0 Å². The van der Waals surface area contributed by atoms with Crippen molar-refractivity contribution in [3.05, 3.63) is 29.8 Å². The summed E-state index contributed by atoms with van der Waals surface area (Å²) in [6.07, 6.45) is -0.640. The standard InChI is InChI=1S/C12H17F2NO2/c1-8(2)17-7-10(16)6-15-9-3-4-11(13)12(14)5-9/h3-5,8,10,15-16H,6-7H2,1-2H3. The van der Waals surface area contributed by atoms with Crippen LogP contribution in [0.5, 0.6) is 0 Å². The Morgan fingerprint density at radius 2 is 2.00 bits per heavy atom. The van der Waals surface area contributed by atoms with E-state index in [4.69, 9.17) is 4.74 Å². The molecular formula is C12H17F2NO2. The first-order chi connectivity index (χ1) is 7.99. The van der Waals surface area contributed by atoms with Gasteiger partial charge in [-0.05, 0) is 26.0 Å². The maximum atomic E-state index is 12.9. The van der Waals surface area contributed by atoms with Crippen molar-refractivity contribution < 1.29 is 18.6 Å². The summed E-state index contributed by atoms with van der Waals surface area (Å²) in [6, 6.07) is 3.49. The van der Waals surface area contributed by atoms with Crippen LogP contribution in [0, 0.1) is 11.6 Å². The van der Waals surface area contributed by atoms with E-state index in [1.54, 1.807) is 0 Å². The summed E-state index contributed by atoms with van der Waals surface area (Å²) in [5.74, 6) is -1.80. The van der Waals surface area contributed by atoms with E-state index < -0.39 is 17.7 Å². The fraction of sp³-hybridized carbons (Fsp3) is 0.500. The largest absolute Gasteiger partial charge is 0.389 e. The normalized spacial score (nSPS) is 12.8. The van der Waals surface area contributed by atoms with Gasteiger partial charge in [0.2, 0.25) is 0 Å². The summed E-state index contributed by atoms with van der Waals surface area (Å²) in [4.78, 5) is 0. The highest BCUT2D eigenvalue weighted by Crippen LogP contribution is 2.12. The fourth-order valence-electron chi connectivity index (χ4n) is 1.20. The highest BCUT2D eigenvalue weighted by atomic mass is 19.2. The first kappa shape index (κ1) is 13.9. The van der Waals surface area contributed by atoms with Crippen LogP contribution in [0.4, 0.5) is 14.5 Å². The second kappa shape index (κ2) is 6.51. The van der Waals surface area contributed by atoms with Gasteiger partial charge >= 0.3 is 0 Å². The maximum Gasteiger partial charge on any atom is 0.160 e. The van der Waals surface area contributed by atoms with Crippen molar-refractivity contribution in [3.63, 3.8) is 0 Å². The van der Waals surface area contributed by atoms with Crippen LogP contribution in [0.15, 0.2) is 18.2 Å². The number of aliphatic hydroxyl groups is 1. The Kier molecular flexibility index (Phi) is 5.31. The molecule has 1 aromatic rings. The van der Waals surface area contributed by atoms with Crippen LogP contribution in [0.1, 0.15) is 13.8 Å². The van der Waals surface area contributed by atoms with Crippen molar-refractivity contribution in [2.45, 2.75) is 26.1 Å². The molecule has 3 nitrogen and oxygen atoms in total. The van der Waals surface area contributed by atoms with E-state index in [9.17, 15) is 13.9 Å². The molecule has 1 atom stereocenters. The smallest absolute Gasteiger partial charge is 0.160 e. The lowest BCUT2D eigenvalue weighted by molar-refractivity contribution is 0.0112. The first-order valence-electron chi connectivity index (χ1n) is 5.47. The molecule has 0 heterocycles. The lowest BCUT2D eigenvalue weighted by atomic mass is 10.3. The predicted octanol–water partition coefficient (Wildman–Crippen LogP) is 2.16. The van der Waals surface area contributed by atoms with E-state index in [1.807, 2.05) is 13.8 Å². The third-order valence-electron chi connectivity index (χ3n) is 2.08. The summed E-state index contributed by atoms with van der Waals surface area (Å²) < 4.78 is 30.7. The van der Waals surface area contributed by atoms with Crippen molar-refractivity contribution >= 4 is 5.69 Å². The number of anilines is 1. The van der Waals surface area contributed by atoms with E-state index in [1.165, 1.54) is 6.07 Å². The van der Waals surface area contributed by atoms with Gasteiger partial charge < -0.3 is 15.2 Å². The quantitative estimate of drug-likeness (QED) is 0.807. The molecule has 1 unspecified atom stereocenters. The van der Waals surface area contributed by atoms with E-state index in [0.717, 1.165) is 12.1 Å². The minimum atomic E-state index is -0.914. The molecule has 96 valence electrons. The molecule has 0 spiro atoms. The minimum Gasteiger partial charge on any atom is -0.389 e. The molecule has 1 aromatic carbocycles. The van der Waals surface area contributed by atoms with Crippen LogP contribution < -0.4 is 5.32 Å². The summed E-state index contributed by atoms with van der Waals surface area (Å²) >= 11 is 0. The van der Waals surface area contributed by atoms with E-state index >= 15 is 0 Å². The van der Waals surface area contributed by atoms with Gasteiger partial charge in [-0.3, -0.25) is 0 Å². The zero-order valence-electron chi connectivity index (χ0n) is 9.91. The topological polar surface area (TPSA) is 41.5 Å². The lowest BCUT2D eigenvalue weighted by Gasteiger charge is -2.15. The molecule has 0 fully saturated rings. The summed E-state index contributed by atoms with van der Waals surface area (Å²) in [5.41, 5.74) is 0.424. The third-order valence-corrected chi connectivity index (χ3v) is 2.08. The number of hydrogen-bond acceptors (Lipinski definition) is 3. The molecule has 5 heteroatoms. The highest BCUT2D eigenvalue weighted by molar-refractivity contribution is 5.43. The highest BCUT2D eigenvalue weighted by Gasteiger charge is 2.07. The summed E-state index contributed by atoms with van der Waals surface area (Å²) in [7, 11) is 0. The number of halogens is 2. The van der Waals surface area contributed by atoms with Crippen LogP contribution in [-0.4, -0.2) is 30.5 Å². The number of rotatable bonds is 6. The number of aliphatic hydroxyl groups excluding tert-OH is 1. The molecule has 0 saturated carbocycles.